The molecule has 0 radical (unpaired) electrons. The molecule has 1 heterocycles. The second kappa shape index (κ2) is 3.48. The van der Waals surface area contributed by atoms with Gasteiger partial charge in [0.25, 0.3) is 0 Å². The SMILES string of the molecule is C=CC(C)Nc1nnc(C)s1. The van der Waals surface area contributed by atoms with Crippen molar-refractivity contribution in [2.24, 2.45) is 0 Å². The Kier molecular flexibility index (Phi) is 2.59. The van der Waals surface area contributed by atoms with Crippen molar-refractivity contribution in [3.63, 3.8) is 0 Å². The molecule has 0 fully saturated rings. The molecule has 0 aliphatic heterocycles. The smallest absolute Gasteiger partial charge is 0.206 e. The standard InChI is InChI=1S/C7H11N3S/c1-4-5(2)8-7-10-9-6(3)11-7/h4-5H,1H2,2-3H3,(H,8,10). The van der Waals surface area contributed by atoms with E-state index in [9.17, 15) is 0 Å². The van der Waals surface area contributed by atoms with Crippen molar-refractivity contribution < 1.29 is 0 Å². The third kappa shape index (κ3) is 2.31. The van der Waals surface area contributed by atoms with Gasteiger partial charge in [0.2, 0.25) is 5.13 Å². The first kappa shape index (κ1) is 8.20. The van der Waals surface area contributed by atoms with Gasteiger partial charge >= 0.3 is 0 Å². The van der Waals surface area contributed by atoms with Crippen LogP contribution in [-0.4, -0.2) is 16.2 Å². The molecule has 1 aromatic heterocycles. The minimum atomic E-state index is 0.252. The summed E-state index contributed by atoms with van der Waals surface area (Å²) in [6.45, 7) is 7.61. The zero-order valence-corrected chi connectivity index (χ0v) is 7.48. The summed E-state index contributed by atoms with van der Waals surface area (Å²) in [6.07, 6.45) is 1.83. The zero-order valence-electron chi connectivity index (χ0n) is 6.66. The van der Waals surface area contributed by atoms with Crippen molar-refractivity contribution >= 4 is 16.5 Å². The minimum Gasteiger partial charge on any atom is -0.354 e. The molecule has 0 aromatic carbocycles. The van der Waals surface area contributed by atoms with Gasteiger partial charge in [-0.3, -0.25) is 0 Å². The van der Waals surface area contributed by atoms with E-state index < -0.39 is 0 Å². The Balaban J connectivity index is 2.57. The van der Waals surface area contributed by atoms with Crippen LogP contribution in [0.15, 0.2) is 12.7 Å². The molecule has 0 amide bonds. The molecule has 1 rings (SSSR count). The molecule has 0 aliphatic carbocycles. The predicted octanol–water partition coefficient (Wildman–Crippen LogP) is 1.83. The molecule has 0 saturated carbocycles. The minimum absolute atomic E-state index is 0.252. The Bertz CT molecular complexity index is 244. The fourth-order valence-electron chi connectivity index (χ4n) is 0.609. The van der Waals surface area contributed by atoms with Crippen LogP contribution >= 0.6 is 11.3 Å². The van der Waals surface area contributed by atoms with Gasteiger partial charge in [-0.25, -0.2) is 0 Å². The van der Waals surface area contributed by atoms with Crippen LogP contribution in [0.4, 0.5) is 5.13 Å². The van der Waals surface area contributed by atoms with Crippen molar-refractivity contribution in [2.45, 2.75) is 19.9 Å². The van der Waals surface area contributed by atoms with E-state index in [2.05, 4.69) is 22.1 Å². The van der Waals surface area contributed by atoms with E-state index in [0.29, 0.717) is 0 Å². The van der Waals surface area contributed by atoms with E-state index in [4.69, 9.17) is 0 Å². The zero-order chi connectivity index (χ0) is 8.27. The number of nitrogens with one attached hydrogen (secondary N) is 1. The van der Waals surface area contributed by atoms with Crippen molar-refractivity contribution in [3.8, 4) is 0 Å². The maximum atomic E-state index is 3.91. The third-order valence-corrected chi connectivity index (χ3v) is 2.00. The molecule has 0 aliphatic rings. The number of hydrogen-bond acceptors (Lipinski definition) is 4. The fraction of sp³-hybridized carbons (Fsp3) is 0.429. The summed E-state index contributed by atoms with van der Waals surface area (Å²) in [5.41, 5.74) is 0. The Morgan fingerprint density at radius 2 is 2.36 bits per heavy atom. The highest BCUT2D eigenvalue weighted by molar-refractivity contribution is 7.15. The fourth-order valence-corrected chi connectivity index (χ4v) is 1.30. The van der Waals surface area contributed by atoms with Gasteiger partial charge in [0.05, 0.1) is 0 Å². The average Bonchev–Trinajstić information content (AvgIpc) is 2.35. The molecule has 1 unspecified atom stereocenters. The van der Waals surface area contributed by atoms with Crippen LogP contribution in [0.5, 0.6) is 0 Å². The monoisotopic (exact) mass is 169 g/mol. The van der Waals surface area contributed by atoms with E-state index >= 15 is 0 Å². The van der Waals surface area contributed by atoms with E-state index in [1.54, 1.807) is 11.3 Å². The van der Waals surface area contributed by atoms with Crippen molar-refractivity contribution in [1.29, 1.82) is 0 Å². The highest BCUT2D eigenvalue weighted by Gasteiger charge is 2.00. The van der Waals surface area contributed by atoms with Crippen molar-refractivity contribution in [1.82, 2.24) is 10.2 Å². The van der Waals surface area contributed by atoms with Crippen molar-refractivity contribution in [3.05, 3.63) is 17.7 Å². The van der Waals surface area contributed by atoms with Gasteiger partial charge in [-0.2, -0.15) is 0 Å². The normalized spacial score (nSPS) is 12.5. The van der Waals surface area contributed by atoms with Gasteiger partial charge < -0.3 is 5.32 Å². The van der Waals surface area contributed by atoms with Gasteiger partial charge in [0, 0.05) is 6.04 Å². The molecular weight excluding hydrogens is 158 g/mol. The highest BCUT2D eigenvalue weighted by Crippen LogP contribution is 2.14. The van der Waals surface area contributed by atoms with Crippen molar-refractivity contribution in [2.75, 3.05) is 5.32 Å². The summed E-state index contributed by atoms with van der Waals surface area (Å²) in [7, 11) is 0. The van der Waals surface area contributed by atoms with Crippen LogP contribution in [0.1, 0.15) is 11.9 Å². The second-order valence-corrected chi connectivity index (χ2v) is 3.48. The first-order chi connectivity index (χ1) is 5.22. The van der Waals surface area contributed by atoms with E-state index in [1.807, 2.05) is 19.9 Å². The maximum absolute atomic E-state index is 3.91. The number of hydrogen-bond donors (Lipinski definition) is 1. The highest BCUT2D eigenvalue weighted by atomic mass is 32.1. The maximum Gasteiger partial charge on any atom is 0.206 e. The Morgan fingerprint density at radius 1 is 1.64 bits per heavy atom. The molecule has 1 atom stereocenters. The number of nitrogens with zero attached hydrogens (tertiary/aromatic N) is 2. The van der Waals surface area contributed by atoms with Gasteiger partial charge in [-0.05, 0) is 13.8 Å². The molecule has 0 bridgehead atoms. The third-order valence-electron chi connectivity index (χ3n) is 1.23. The number of aromatic nitrogens is 2. The lowest BCUT2D eigenvalue weighted by atomic mass is 10.3. The average molecular weight is 169 g/mol. The lowest BCUT2D eigenvalue weighted by Crippen LogP contribution is -2.10. The molecular formula is C7H11N3S. The summed E-state index contributed by atoms with van der Waals surface area (Å²) in [4.78, 5) is 0. The summed E-state index contributed by atoms with van der Waals surface area (Å²) < 4.78 is 0. The molecule has 3 nitrogen and oxygen atoms in total. The van der Waals surface area contributed by atoms with E-state index in [0.717, 1.165) is 10.1 Å². The quantitative estimate of drug-likeness (QED) is 0.701. The summed E-state index contributed by atoms with van der Waals surface area (Å²) >= 11 is 1.55. The van der Waals surface area contributed by atoms with Crippen LogP contribution in [0.25, 0.3) is 0 Å². The lowest BCUT2D eigenvalue weighted by molar-refractivity contribution is 0.966. The summed E-state index contributed by atoms with van der Waals surface area (Å²) in [6, 6.07) is 0.252. The van der Waals surface area contributed by atoms with E-state index in [1.165, 1.54) is 0 Å². The molecule has 4 heteroatoms. The Hall–Kier alpha value is -0.900. The number of aryl methyl sites for hydroxylation is 1. The van der Waals surface area contributed by atoms with Gasteiger partial charge in [0.1, 0.15) is 5.01 Å². The predicted molar refractivity (Wildman–Crippen MR) is 47.9 cm³/mol. The lowest BCUT2D eigenvalue weighted by Gasteiger charge is -2.04. The van der Waals surface area contributed by atoms with E-state index in [-0.39, 0.29) is 6.04 Å². The number of rotatable bonds is 3. The Labute approximate surface area is 70.2 Å². The van der Waals surface area contributed by atoms with Gasteiger partial charge in [-0.15, -0.1) is 16.8 Å². The van der Waals surface area contributed by atoms with Crippen LogP contribution < -0.4 is 5.32 Å². The van der Waals surface area contributed by atoms with Gasteiger partial charge in [0.15, 0.2) is 0 Å². The van der Waals surface area contributed by atoms with Crippen LogP contribution in [0.2, 0.25) is 0 Å². The Morgan fingerprint density at radius 3 is 2.82 bits per heavy atom. The van der Waals surface area contributed by atoms with Gasteiger partial charge in [-0.1, -0.05) is 17.4 Å². The molecule has 11 heavy (non-hydrogen) atoms. The molecule has 60 valence electrons. The molecule has 1 aromatic rings. The summed E-state index contributed by atoms with van der Waals surface area (Å²) in [5, 5.41) is 12.8. The largest absolute Gasteiger partial charge is 0.354 e. The first-order valence-corrected chi connectivity index (χ1v) is 4.23. The first-order valence-electron chi connectivity index (χ1n) is 3.41. The van der Waals surface area contributed by atoms with Crippen LogP contribution in [0.3, 0.4) is 0 Å². The topological polar surface area (TPSA) is 37.8 Å². The molecule has 0 saturated heterocycles. The molecule has 0 spiro atoms. The summed E-state index contributed by atoms with van der Waals surface area (Å²) in [5.74, 6) is 0. The number of anilines is 1. The second-order valence-electron chi connectivity index (χ2n) is 2.29. The van der Waals surface area contributed by atoms with Crippen LogP contribution in [0, 0.1) is 6.92 Å². The molecule has 1 N–H and O–H groups in total. The van der Waals surface area contributed by atoms with Crippen LogP contribution in [-0.2, 0) is 0 Å².